The Bertz CT molecular complexity index is 350. The Hall–Kier alpha value is -0.610. The van der Waals surface area contributed by atoms with Gasteiger partial charge in [0, 0.05) is 11.0 Å². The quantitative estimate of drug-likeness (QED) is 0.860. The maximum absolute atomic E-state index is 13.4. The van der Waals surface area contributed by atoms with Crippen LogP contribution in [-0.4, -0.2) is 16.8 Å². The Kier molecular flexibility index (Phi) is 3.17. The van der Waals surface area contributed by atoms with E-state index in [-0.39, 0.29) is 17.9 Å². The van der Waals surface area contributed by atoms with Crippen molar-refractivity contribution in [3.05, 3.63) is 28.0 Å². The normalized spacial score (nSPS) is 11.8. The van der Waals surface area contributed by atoms with Crippen LogP contribution in [0.15, 0.2) is 16.6 Å². The highest BCUT2D eigenvalue weighted by molar-refractivity contribution is 9.10. The van der Waals surface area contributed by atoms with Gasteiger partial charge in [-0.25, -0.2) is 4.39 Å². The van der Waals surface area contributed by atoms with Crippen LogP contribution in [-0.2, 0) is 5.41 Å². The molecule has 1 rings (SSSR count). The summed E-state index contributed by atoms with van der Waals surface area (Å²) in [5.74, 6) is -0.659. The van der Waals surface area contributed by atoms with Crippen molar-refractivity contribution < 1.29 is 14.6 Å². The number of hydrogen-bond acceptors (Lipinski definition) is 2. The molecular weight excluding hydrogens is 251 g/mol. The van der Waals surface area contributed by atoms with Gasteiger partial charge >= 0.3 is 0 Å². The van der Waals surface area contributed by atoms with Crippen LogP contribution in [0.3, 0.4) is 0 Å². The maximum Gasteiger partial charge on any atom is 0.136 e. The summed E-state index contributed by atoms with van der Waals surface area (Å²) in [5, 5.41) is 18.7. The molecule has 0 aromatic heterocycles. The molecule has 0 aliphatic rings. The van der Waals surface area contributed by atoms with Gasteiger partial charge in [0.05, 0.1) is 11.1 Å². The van der Waals surface area contributed by atoms with Gasteiger partial charge in [0.25, 0.3) is 0 Å². The molecule has 2 nitrogen and oxygen atoms in total. The monoisotopic (exact) mass is 262 g/mol. The van der Waals surface area contributed by atoms with Gasteiger partial charge in [-0.2, -0.15) is 0 Å². The largest absolute Gasteiger partial charge is 0.506 e. The van der Waals surface area contributed by atoms with Gasteiger partial charge in [0.1, 0.15) is 11.6 Å². The number of halogens is 2. The number of aliphatic hydroxyl groups is 1. The highest BCUT2D eigenvalue weighted by atomic mass is 79.9. The van der Waals surface area contributed by atoms with Crippen LogP contribution in [0.5, 0.6) is 5.75 Å². The minimum atomic E-state index is -0.794. The number of hydrogen-bond donors (Lipinski definition) is 2. The van der Waals surface area contributed by atoms with E-state index in [2.05, 4.69) is 15.9 Å². The van der Waals surface area contributed by atoms with Crippen LogP contribution in [0.25, 0.3) is 0 Å². The van der Waals surface area contributed by atoms with Crippen LogP contribution in [0, 0.1) is 5.82 Å². The lowest BCUT2D eigenvalue weighted by atomic mass is 9.84. The van der Waals surface area contributed by atoms with Gasteiger partial charge in [-0.05, 0) is 28.1 Å². The fourth-order valence-corrected chi connectivity index (χ4v) is 1.59. The van der Waals surface area contributed by atoms with Crippen LogP contribution in [0.4, 0.5) is 4.39 Å². The van der Waals surface area contributed by atoms with Crippen LogP contribution >= 0.6 is 15.9 Å². The second-order valence-electron chi connectivity index (χ2n) is 3.79. The zero-order valence-electron chi connectivity index (χ0n) is 8.01. The van der Waals surface area contributed by atoms with Crippen molar-refractivity contribution in [2.75, 3.05) is 6.61 Å². The number of phenols is 1. The van der Waals surface area contributed by atoms with Gasteiger partial charge in [0.15, 0.2) is 0 Å². The molecule has 0 bridgehead atoms. The number of rotatable bonds is 2. The van der Waals surface area contributed by atoms with Gasteiger partial charge in [0.2, 0.25) is 0 Å². The third-order valence-corrected chi connectivity index (χ3v) is 2.79. The van der Waals surface area contributed by atoms with Gasteiger partial charge in [-0.15, -0.1) is 0 Å². The lowest BCUT2D eigenvalue weighted by Gasteiger charge is -2.24. The summed E-state index contributed by atoms with van der Waals surface area (Å²) in [6, 6.07) is 2.69. The first-order valence-corrected chi connectivity index (χ1v) is 4.98. The summed E-state index contributed by atoms with van der Waals surface area (Å²) >= 11 is 3.10. The van der Waals surface area contributed by atoms with E-state index < -0.39 is 11.2 Å². The molecule has 1 aromatic rings. The summed E-state index contributed by atoms with van der Waals surface area (Å²) in [6.45, 7) is 3.10. The molecule has 0 fully saturated rings. The molecule has 2 N–H and O–H groups in total. The minimum absolute atomic E-state index is 0.134. The van der Waals surface area contributed by atoms with E-state index in [1.807, 2.05) is 0 Å². The standard InChI is InChI=1S/C10H12BrFO2/c1-10(2,5-13)8-7(12)4-3-6(11)9(8)14/h3-4,13-14H,5H2,1-2H3. The summed E-state index contributed by atoms with van der Waals surface area (Å²) in [5.41, 5.74) is -0.660. The topological polar surface area (TPSA) is 40.5 Å². The smallest absolute Gasteiger partial charge is 0.136 e. The van der Waals surface area contributed by atoms with Crippen LogP contribution < -0.4 is 0 Å². The average molecular weight is 263 g/mol. The van der Waals surface area contributed by atoms with Gasteiger partial charge < -0.3 is 10.2 Å². The summed E-state index contributed by atoms with van der Waals surface area (Å²) in [4.78, 5) is 0. The van der Waals surface area contributed by atoms with Gasteiger partial charge in [-0.3, -0.25) is 0 Å². The third-order valence-electron chi connectivity index (χ3n) is 2.15. The third kappa shape index (κ3) is 1.91. The van der Waals surface area contributed by atoms with E-state index in [1.165, 1.54) is 12.1 Å². The SMILES string of the molecule is CC(C)(CO)c1c(F)ccc(Br)c1O. The van der Waals surface area contributed by atoms with E-state index in [4.69, 9.17) is 5.11 Å². The highest BCUT2D eigenvalue weighted by Gasteiger charge is 2.27. The van der Waals surface area contributed by atoms with Crippen molar-refractivity contribution >= 4 is 15.9 Å². The molecule has 1 aromatic carbocycles. The number of phenolic OH excluding ortho intramolecular Hbond substituents is 1. The molecule has 14 heavy (non-hydrogen) atoms. The molecule has 0 aliphatic heterocycles. The van der Waals surface area contributed by atoms with Crippen LogP contribution in [0.1, 0.15) is 19.4 Å². The average Bonchev–Trinajstić information content (AvgIpc) is 2.12. The molecule has 0 atom stereocenters. The first-order chi connectivity index (χ1) is 6.40. The first kappa shape index (κ1) is 11.5. The maximum atomic E-state index is 13.4. The van der Waals surface area contributed by atoms with Gasteiger partial charge in [-0.1, -0.05) is 13.8 Å². The molecule has 0 saturated carbocycles. The molecule has 0 amide bonds. The molecule has 0 spiro atoms. The fraction of sp³-hybridized carbons (Fsp3) is 0.400. The second kappa shape index (κ2) is 3.87. The molecular formula is C10H12BrFO2. The van der Waals surface area contributed by atoms with Crippen molar-refractivity contribution in [2.45, 2.75) is 19.3 Å². The predicted molar refractivity (Wildman–Crippen MR) is 55.9 cm³/mol. The Morgan fingerprint density at radius 2 is 2.00 bits per heavy atom. The Morgan fingerprint density at radius 3 is 2.50 bits per heavy atom. The molecule has 0 aliphatic carbocycles. The van der Waals surface area contributed by atoms with E-state index >= 15 is 0 Å². The highest BCUT2D eigenvalue weighted by Crippen LogP contribution is 2.37. The molecule has 0 unspecified atom stereocenters. The summed E-state index contributed by atoms with van der Waals surface area (Å²) < 4.78 is 13.8. The minimum Gasteiger partial charge on any atom is -0.506 e. The summed E-state index contributed by atoms with van der Waals surface area (Å²) in [7, 11) is 0. The Labute approximate surface area is 90.5 Å². The van der Waals surface area contributed by atoms with E-state index in [9.17, 15) is 9.50 Å². The zero-order valence-corrected chi connectivity index (χ0v) is 9.60. The molecule has 78 valence electrons. The fourth-order valence-electron chi connectivity index (χ4n) is 1.26. The second-order valence-corrected chi connectivity index (χ2v) is 4.65. The Morgan fingerprint density at radius 1 is 1.43 bits per heavy atom. The molecule has 4 heteroatoms. The van der Waals surface area contributed by atoms with Crippen molar-refractivity contribution in [3.63, 3.8) is 0 Å². The van der Waals surface area contributed by atoms with E-state index in [1.54, 1.807) is 13.8 Å². The van der Waals surface area contributed by atoms with Crippen molar-refractivity contribution in [1.29, 1.82) is 0 Å². The Balaban J connectivity index is 3.40. The number of aliphatic hydroxyl groups excluding tert-OH is 1. The van der Waals surface area contributed by atoms with Crippen molar-refractivity contribution in [2.24, 2.45) is 0 Å². The lowest BCUT2D eigenvalue weighted by Crippen LogP contribution is -2.23. The molecule has 0 heterocycles. The van der Waals surface area contributed by atoms with Crippen LogP contribution in [0.2, 0.25) is 0 Å². The van der Waals surface area contributed by atoms with E-state index in [0.717, 1.165) is 0 Å². The van der Waals surface area contributed by atoms with Crippen molar-refractivity contribution in [3.8, 4) is 5.75 Å². The first-order valence-electron chi connectivity index (χ1n) is 4.18. The van der Waals surface area contributed by atoms with E-state index in [0.29, 0.717) is 4.47 Å². The lowest BCUT2D eigenvalue weighted by molar-refractivity contribution is 0.211. The zero-order chi connectivity index (χ0) is 10.9. The number of benzene rings is 1. The molecule has 0 radical (unpaired) electrons. The van der Waals surface area contributed by atoms with Crippen molar-refractivity contribution in [1.82, 2.24) is 0 Å². The molecule has 0 saturated heterocycles. The summed E-state index contributed by atoms with van der Waals surface area (Å²) in [6.07, 6.45) is 0. The predicted octanol–water partition coefficient (Wildman–Crippen LogP) is 2.56. The number of aromatic hydroxyl groups is 1.